The SMILES string of the molecule is CCNC(N)=NCCCCCCCCNC(N)=O. The molecule has 0 aromatic heterocycles. The molecule has 0 rings (SSSR count). The normalized spacial score (nSPS) is 11.3. The Labute approximate surface area is 110 Å². The van der Waals surface area contributed by atoms with Gasteiger partial charge in [0.15, 0.2) is 5.96 Å². The average molecular weight is 257 g/mol. The molecule has 6 N–H and O–H groups in total. The predicted molar refractivity (Wildman–Crippen MR) is 75.5 cm³/mol. The van der Waals surface area contributed by atoms with E-state index in [1.807, 2.05) is 6.92 Å². The van der Waals surface area contributed by atoms with Crippen LogP contribution in [0.4, 0.5) is 4.79 Å². The highest BCUT2D eigenvalue weighted by Crippen LogP contribution is 2.04. The Kier molecular flexibility index (Phi) is 11.0. The topological polar surface area (TPSA) is 106 Å². The van der Waals surface area contributed by atoms with Crippen LogP contribution in [-0.2, 0) is 0 Å². The molecule has 0 saturated heterocycles. The molecule has 0 bridgehead atoms. The van der Waals surface area contributed by atoms with Gasteiger partial charge in [-0.25, -0.2) is 4.79 Å². The fourth-order valence-electron chi connectivity index (χ4n) is 1.59. The molecule has 0 aliphatic carbocycles. The Balaban J connectivity index is 3.16. The van der Waals surface area contributed by atoms with Crippen LogP contribution in [0.5, 0.6) is 0 Å². The third-order valence-corrected chi connectivity index (χ3v) is 2.52. The number of nitrogens with two attached hydrogens (primary N) is 2. The van der Waals surface area contributed by atoms with Gasteiger partial charge in [0.2, 0.25) is 0 Å². The summed E-state index contributed by atoms with van der Waals surface area (Å²) in [4.78, 5) is 14.6. The molecule has 0 atom stereocenters. The minimum Gasteiger partial charge on any atom is -0.370 e. The Morgan fingerprint density at radius 2 is 1.61 bits per heavy atom. The maximum Gasteiger partial charge on any atom is 0.312 e. The van der Waals surface area contributed by atoms with Crippen molar-refractivity contribution in [2.45, 2.75) is 45.4 Å². The summed E-state index contributed by atoms with van der Waals surface area (Å²) in [5.74, 6) is 0.537. The Morgan fingerprint density at radius 3 is 2.22 bits per heavy atom. The molecule has 2 amide bonds. The highest BCUT2D eigenvalue weighted by atomic mass is 16.2. The lowest BCUT2D eigenvalue weighted by Crippen LogP contribution is -2.31. The Morgan fingerprint density at radius 1 is 1.00 bits per heavy atom. The smallest absolute Gasteiger partial charge is 0.312 e. The average Bonchev–Trinajstić information content (AvgIpc) is 2.31. The van der Waals surface area contributed by atoms with E-state index >= 15 is 0 Å². The van der Waals surface area contributed by atoms with Crippen molar-refractivity contribution in [2.24, 2.45) is 16.5 Å². The third kappa shape index (κ3) is 12.6. The Bertz CT molecular complexity index is 243. The van der Waals surface area contributed by atoms with E-state index in [0.29, 0.717) is 12.5 Å². The second kappa shape index (κ2) is 12.0. The number of nitrogens with one attached hydrogen (secondary N) is 2. The van der Waals surface area contributed by atoms with Crippen molar-refractivity contribution in [2.75, 3.05) is 19.6 Å². The van der Waals surface area contributed by atoms with Crippen molar-refractivity contribution in [3.63, 3.8) is 0 Å². The van der Waals surface area contributed by atoms with E-state index < -0.39 is 6.03 Å². The number of rotatable bonds is 10. The zero-order valence-electron chi connectivity index (χ0n) is 11.4. The molecule has 0 aromatic rings. The Hall–Kier alpha value is -1.46. The molecule has 0 aromatic carbocycles. The number of primary amides is 1. The minimum atomic E-state index is -0.439. The number of nitrogens with zero attached hydrogens (tertiary/aromatic N) is 1. The molecule has 0 heterocycles. The van der Waals surface area contributed by atoms with E-state index in [4.69, 9.17) is 11.5 Å². The fraction of sp³-hybridized carbons (Fsp3) is 0.833. The lowest BCUT2D eigenvalue weighted by molar-refractivity contribution is 0.248. The van der Waals surface area contributed by atoms with Gasteiger partial charge in [-0.05, 0) is 19.8 Å². The van der Waals surface area contributed by atoms with E-state index in [2.05, 4.69) is 15.6 Å². The largest absolute Gasteiger partial charge is 0.370 e. The van der Waals surface area contributed by atoms with Crippen LogP contribution in [0.1, 0.15) is 45.4 Å². The first-order valence-corrected chi connectivity index (χ1v) is 6.74. The summed E-state index contributed by atoms with van der Waals surface area (Å²) in [6.07, 6.45) is 6.76. The second-order valence-corrected chi connectivity index (χ2v) is 4.21. The van der Waals surface area contributed by atoms with Crippen LogP contribution in [0.3, 0.4) is 0 Å². The van der Waals surface area contributed by atoms with Gasteiger partial charge in [0.1, 0.15) is 0 Å². The van der Waals surface area contributed by atoms with Gasteiger partial charge in [0, 0.05) is 19.6 Å². The first kappa shape index (κ1) is 16.5. The van der Waals surface area contributed by atoms with Gasteiger partial charge >= 0.3 is 6.03 Å². The molecule has 18 heavy (non-hydrogen) atoms. The van der Waals surface area contributed by atoms with Gasteiger partial charge in [-0.1, -0.05) is 25.7 Å². The maximum atomic E-state index is 10.4. The van der Waals surface area contributed by atoms with Gasteiger partial charge in [-0.15, -0.1) is 0 Å². The summed E-state index contributed by atoms with van der Waals surface area (Å²) < 4.78 is 0. The lowest BCUT2D eigenvalue weighted by Gasteiger charge is -2.03. The first-order chi connectivity index (χ1) is 8.66. The summed E-state index contributed by atoms with van der Waals surface area (Å²) in [6.45, 7) is 4.28. The molecule has 6 heteroatoms. The summed E-state index contributed by atoms with van der Waals surface area (Å²) in [7, 11) is 0. The molecule has 0 aliphatic rings. The van der Waals surface area contributed by atoms with Crippen molar-refractivity contribution in [3.8, 4) is 0 Å². The van der Waals surface area contributed by atoms with Gasteiger partial charge in [0.25, 0.3) is 0 Å². The van der Waals surface area contributed by atoms with Crippen LogP contribution in [0.2, 0.25) is 0 Å². The van der Waals surface area contributed by atoms with E-state index in [9.17, 15) is 4.79 Å². The number of amides is 2. The summed E-state index contributed by atoms with van der Waals surface area (Å²) in [5.41, 5.74) is 10.6. The molecular formula is C12H27N5O. The number of guanidine groups is 1. The standard InChI is InChI=1S/C12H27N5O/c1-2-15-11(13)16-9-7-5-3-4-6-8-10-17-12(14)18/h2-10H2,1H3,(H3,13,15,16)(H3,14,17,18). The highest BCUT2D eigenvalue weighted by Gasteiger charge is 1.93. The van der Waals surface area contributed by atoms with Crippen molar-refractivity contribution in [1.82, 2.24) is 10.6 Å². The predicted octanol–water partition coefficient (Wildman–Crippen LogP) is 0.920. The number of aliphatic imine (C=N–C) groups is 1. The van der Waals surface area contributed by atoms with Crippen LogP contribution in [0.25, 0.3) is 0 Å². The summed E-state index contributed by atoms with van der Waals surface area (Å²) in [6, 6.07) is -0.439. The quantitative estimate of drug-likeness (QED) is 0.265. The van der Waals surface area contributed by atoms with Crippen LogP contribution in [0, 0.1) is 0 Å². The molecule has 0 saturated carbocycles. The van der Waals surface area contributed by atoms with Crippen molar-refractivity contribution < 1.29 is 4.79 Å². The third-order valence-electron chi connectivity index (χ3n) is 2.52. The van der Waals surface area contributed by atoms with Gasteiger partial charge < -0.3 is 22.1 Å². The number of urea groups is 1. The summed E-state index contributed by atoms with van der Waals surface area (Å²) in [5, 5.41) is 5.54. The first-order valence-electron chi connectivity index (χ1n) is 6.74. The van der Waals surface area contributed by atoms with Gasteiger partial charge in [-0.2, -0.15) is 0 Å². The van der Waals surface area contributed by atoms with Gasteiger partial charge in [-0.3, -0.25) is 4.99 Å². The van der Waals surface area contributed by atoms with Crippen LogP contribution < -0.4 is 22.1 Å². The van der Waals surface area contributed by atoms with E-state index in [-0.39, 0.29) is 0 Å². The number of hydrogen-bond acceptors (Lipinski definition) is 2. The van der Waals surface area contributed by atoms with E-state index in [1.165, 1.54) is 19.3 Å². The number of unbranched alkanes of at least 4 members (excludes halogenated alkanes) is 5. The lowest BCUT2D eigenvalue weighted by atomic mass is 10.1. The minimum absolute atomic E-state index is 0.439. The fourth-order valence-corrected chi connectivity index (χ4v) is 1.59. The van der Waals surface area contributed by atoms with Crippen LogP contribution >= 0.6 is 0 Å². The van der Waals surface area contributed by atoms with Crippen molar-refractivity contribution >= 4 is 12.0 Å². The highest BCUT2D eigenvalue weighted by molar-refractivity contribution is 5.77. The second-order valence-electron chi connectivity index (χ2n) is 4.21. The number of carbonyl (C=O) groups is 1. The monoisotopic (exact) mass is 257 g/mol. The maximum absolute atomic E-state index is 10.4. The molecule has 0 unspecified atom stereocenters. The van der Waals surface area contributed by atoms with E-state index in [0.717, 1.165) is 32.4 Å². The number of carbonyl (C=O) groups excluding carboxylic acids is 1. The van der Waals surface area contributed by atoms with Gasteiger partial charge in [0.05, 0.1) is 0 Å². The molecule has 0 fully saturated rings. The molecule has 106 valence electrons. The summed E-state index contributed by atoms with van der Waals surface area (Å²) >= 11 is 0. The zero-order valence-corrected chi connectivity index (χ0v) is 11.4. The van der Waals surface area contributed by atoms with Crippen LogP contribution in [0.15, 0.2) is 4.99 Å². The van der Waals surface area contributed by atoms with Crippen LogP contribution in [-0.4, -0.2) is 31.6 Å². The molecule has 0 spiro atoms. The van der Waals surface area contributed by atoms with Crippen molar-refractivity contribution in [1.29, 1.82) is 0 Å². The number of hydrogen-bond donors (Lipinski definition) is 4. The molecule has 0 aliphatic heterocycles. The van der Waals surface area contributed by atoms with Crippen molar-refractivity contribution in [3.05, 3.63) is 0 Å². The molecule has 0 radical (unpaired) electrons. The zero-order chi connectivity index (χ0) is 13.6. The van der Waals surface area contributed by atoms with E-state index in [1.54, 1.807) is 0 Å². The molecule has 6 nitrogen and oxygen atoms in total. The molecular weight excluding hydrogens is 230 g/mol.